The van der Waals surface area contributed by atoms with Gasteiger partial charge in [-0.15, -0.1) is 0 Å². The van der Waals surface area contributed by atoms with Gasteiger partial charge in [0.25, 0.3) is 0 Å². The highest BCUT2D eigenvalue weighted by Gasteiger charge is 2.01. The van der Waals surface area contributed by atoms with Crippen molar-refractivity contribution in [3.05, 3.63) is 73.7 Å². The average molecular weight is 201 g/mol. The van der Waals surface area contributed by atoms with Crippen LogP contribution in [-0.2, 0) is 0 Å². The molecule has 0 aromatic heterocycles. The van der Waals surface area contributed by atoms with Gasteiger partial charge in [-0.3, -0.25) is 0 Å². The summed E-state index contributed by atoms with van der Waals surface area (Å²) in [4.78, 5) is 2.00. The lowest BCUT2D eigenvalue weighted by Crippen LogP contribution is -2.14. The minimum absolute atomic E-state index is 0.987. The van der Waals surface area contributed by atoms with Crippen molar-refractivity contribution < 1.29 is 0 Å². The SMILES string of the molecule is C=C/C=C(\C=C)N(C)/C(C=C)=C/C=C\C. The lowest BCUT2D eigenvalue weighted by atomic mass is 10.2. The van der Waals surface area contributed by atoms with Crippen molar-refractivity contribution in [3.63, 3.8) is 0 Å². The lowest BCUT2D eigenvalue weighted by Gasteiger charge is -2.20. The van der Waals surface area contributed by atoms with Crippen LogP contribution in [0.25, 0.3) is 0 Å². The summed E-state index contributed by atoms with van der Waals surface area (Å²) < 4.78 is 0. The highest BCUT2D eigenvalue weighted by molar-refractivity contribution is 5.30. The van der Waals surface area contributed by atoms with Crippen molar-refractivity contribution in [2.45, 2.75) is 6.92 Å². The summed E-state index contributed by atoms with van der Waals surface area (Å²) in [5.41, 5.74) is 2.00. The minimum atomic E-state index is 0.987. The van der Waals surface area contributed by atoms with Crippen LogP contribution in [0.2, 0.25) is 0 Å². The Morgan fingerprint density at radius 2 is 1.53 bits per heavy atom. The zero-order chi connectivity index (χ0) is 11.7. The fourth-order valence-electron chi connectivity index (χ4n) is 1.10. The van der Waals surface area contributed by atoms with Gasteiger partial charge in [-0.25, -0.2) is 0 Å². The van der Waals surface area contributed by atoms with Gasteiger partial charge in [-0.05, 0) is 31.2 Å². The van der Waals surface area contributed by atoms with Gasteiger partial charge in [0.2, 0.25) is 0 Å². The third-order valence-electron chi connectivity index (χ3n) is 1.94. The fourth-order valence-corrected chi connectivity index (χ4v) is 1.10. The molecule has 0 radical (unpaired) electrons. The maximum absolute atomic E-state index is 3.78. The predicted molar refractivity (Wildman–Crippen MR) is 69.3 cm³/mol. The van der Waals surface area contributed by atoms with Gasteiger partial charge >= 0.3 is 0 Å². The Bertz CT molecular complexity index is 316. The zero-order valence-electron chi connectivity index (χ0n) is 9.61. The summed E-state index contributed by atoms with van der Waals surface area (Å²) in [5, 5.41) is 0. The molecule has 0 bridgehead atoms. The van der Waals surface area contributed by atoms with Crippen LogP contribution >= 0.6 is 0 Å². The summed E-state index contributed by atoms with van der Waals surface area (Å²) in [6, 6.07) is 0. The van der Waals surface area contributed by atoms with Crippen molar-refractivity contribution in [1.82, 2.24) is 4.90 Å². The van der Waals surface area contributed by atoms with E-state index in [1.165, 1.54) is 0 Å². The van der Waals surface area contributed by atoms with Crippen molar-refractivity contribution in [2.75, 3.05) is 7.05 Å². The van der Waals surface area contributed by atoms with Crippen molar-refractivity contribution >= 4 is 0 Å². The third kappa shape index (κ3) is 4.32. The lowest BCUT2D eigenvalue weighted by molar-refractivity contribution is 0.555. The molecule has 0 amide bonds. The molecule has 0 aliphatic carbocycles. The van der Waals surface area contributed by atoms with Gasteiger partial charge in [0.1, 0.15) is 0 Å². The quantitative estimate of drug-likeness (QED) is 0.590. The monoisotopic (exact) mass is 201 g/mol. The Balaban J connectivity index is 5.00. The summed E-state index contributed by atoms with van der Waals surface area (Å²) >= 11 is 0. The van der Waals surface area contributed by atoms with E-state index in [1.54, 1.807) is 18.2 Å². The molecule has 80 valence electrons. The Morgan fingerprint density at radius 3 is 1.93 bits per heavy atom. The molecule has 0 aromatic carbocycles. The highest BCUT2D eigenvalue weighted by Crippen LogP contribution is 2.12. The van der Waals surface area contributed by atoms with Gasteiger partial charge in [-0.2, -0.15) is 0 Å². The number of allylic oxidation sites excluding steroid dienone is 7. The molecule has 0 atom stereocenters. The molecule has 0 aromatic rings. The van der Waals surface area contributed by atoms with E-state index >= 15 is 0 Å². The standard InChI is InChI=1S/C14H19N/c1-6-10-12-14(9-4)15(5)13(8-3)11-7-2/h6-12H,2-4H2,1,5H3/b10-6-,13-11+,14-12+. The van der Waals surface area contributed by atoms with Gasteiger partial charge in [0.15, 0.2) is 0 Å². The second-order valence-electron chi connectivity index (χ2n) is 2.91. The molecule has 1 nitrogen and oxygen atoms in total. The topological polar surface area (TPSA) is 3.24 Å². The molecular weight excluding hydrogens is 182 g/mol. The first-order valence-corrected chi connectivity index (χ1v) is 4.85. The Kier molecular flexibility index (Phi) is 6.73. The Hall–Kier alpha value is -1.76. The van der Waals surface area contributed by atoms with Crippen LogP contribution in [0.15, 0.2) is 73.7 Å². The van der Waals surface area contributed by atoms with Crippen molar-refractivity contribution in [3.8, 4) is 0 Å². The van der Waals surface area contributed by atoms with Gasteiger partial charge in [0, 0.05) is 18.4 Å². The minimum Gasteiger partial charge on any atom is -0.345 e. The van der Waals surface area contributed by atoms with Crippen LogP contribution < -0.4 is 0 Å². The van der Waals surface area contributed by atoms with E-state index in [-0.39, 0.29) is 0 Å². The van der Waals surface area contributed by atoms with Crippen molar-refractivity contribution in [2.24, 2.45) is 0 Å². The molecule has 0 rings (SSSR count). The molecule has 0 unspecified atom stereocenters. The molecular formula is C14H19N. The van der Waals surface area contributed by atoms with E-state index in [1.807, 2.05) is 43.2 Å². The largest absolute Gasteiger partial charge is 0.345 e. The number of hydrogen-bond donors (Lipinski definition) is 0. The Labute approximate surface area is 93.1 Å². The van der Waals surface area contributed by atoms with Crippen LogP contribution in [0.5, 0.6) is 0 Å². The number of nitrogens with zero attached hydrogens (tertiary/aromatic N) is 1. The van der Waals surface area contributed by atoms with E-state index in [0.29, 0.717) is 0 Å². The van der Waals surface area contributed by atoms with Crippen LogP contribution in [0.1, 0.15) is 6.92 Å². The molecule has 0 saturated carbocycles. The molecule has 0 aliphatic rings. The van der Waals surface area contributed by atoms with Crippen LogP contribution in [0.3, 0.4) is 0 Å². The second-order valence-corrected chi connectivity index (χ2v) is 2.91. The smallest absolute Gasteiger partial charge is 0.0402 e. The number of rotatable bonds is 6. The summed E-state index contributed by atoms with van der Waals surface area (Å²) in [6.07, 6.45) is 13.2. The second kappa shape index (κ2) is 7.63. The van der Waals surface area contributed by atoms with Gasteiger partial charge < -0.3 is 4.90 Å². The molecule has 15 heavy (non-hydrogen) atoms. The average Bonchev–Trinajstić information content (AvgIpc) is 2.26. The van der Waals surface area contributed by atoms with E-state index in [9.17, 15) is 0 Å². The van der Waals surface area contributed by atoms with E-state index in [2.05, 4.69) is 19.7 Å². The summed E-state index contributed by atoms with van der Waals surface area (Å²) in [7, 11) is 1.97. The zero-order valence-corrected chi connectivity index (χ0v) is 9.61. The highest BCUT2D eigenvalue weighted by atomic mass is 15.1. The summed E-state index contributed by atoms with van der Waals surface area (Å²) in [5.74, 6) is 0. The number of hydrogen-bond acceptors (Lipinski definition) is 1. The van der Waals surface area contributed by atoms with Crippen LogP contribution in [-0.4, -0.2) is 11.9 Å². The molecule has 0 N–H and O–H groups in total. The molecule has 0 saturated heterocycles. The van der Waals surface area contributed by atoms with E-state index < -0.39 is 0 Å². The Morgan fingerprint density at radius 1 is 1.00 bits per heavy atom. The van der Waals surface area contributed by atoms with Gasteiger partial charge in [0.05, 0.1) is 0 Å². The fraction of sp³-hybridized carbons (Fsp3) is 0.143. The van der Waals surface area contributed by atoms with Crippen molar-refractivity contribution in [1.29, 1.82) is 0 Å². The first-order chi connectivity index (χ1) is 7.21. The maximum Gasteiger partial charge on any atom is 0.0402 e. The van der Waals surface area contributed by atoms with Crippen LogP contribution in [0.4, 0.5) is 0 Å². The molecule has 0 fully saturated rings. The first kappa shape index (κ1) is 13.2. The molecule has 1 heteroatoms. The molecule has 0 aliphatic heterocycles. The summed E-state index contributed by atoms with van der Waals surface area (Å²) in [6.45, 7) is 13.2. The predicted octanol–water partition coefficient (Wildman–Crippen LogP) is 3.82. The third-order valence-corrected chi connectivity index (χ3v) is 1.94. The van der Waals surface area contributed by atoms with Gasteiger partial charge in [-0.1, -0.05) is 38.0 Å². The molecule has 0 heterocycles. The number of likely N-dealkylation sites (N-methyl/N-ethyl adjacent to an activating group) is 1. The van der Waals surface area contributed by atoms with E-state index in [0.717, 1.165) is 11.4 Å². The maximum atomic E-state index is 3.78. The van der Waals surface area contributed by atoms with Crippen LogP contribution in [0, 0.1) is 0 Å². The normalized spacial score (nSPS) is 12.7. The van der Waals surface area contributed by atoms with E-state index in [4.69, 9.17) is 0 Å². The first-order valence-electron chi connectivity index (χ1n) is 4.85. The molecule has 0 spiro atoms.